The van der Waals surface area contributed by atoms with E-state index in [0.717, 1.165) is 23.1 Å². The van der Waals surface area contributed by atoms with Crippen LogP contribution >= 0.6 is 0 Å². The maximum Gasteiger partial charge on any atom is 0.269 e. The lowest BCUT2D eigenvalue weighted by Crippen LogP contribution is -2.33. The molecular weight excluding hydrogens is 286 g/mol. The molecule has 2 aromatic carbocycles. The molecule has 1 amide bonds. The lowest BCUT2D eigenvalue weighted by atomic mass is 10.2. The molecule has 4 nitrogen and oxygen atoms in total. The number of anilines is 1. The Morgan fingerprint density at radius 1 is 1.00 bits per heavy atom. The number of nitrogens with one attached hydrogen (secondary N) is 1. The van der Waals surface area contributed by atoms with Gasteiger partial charge in [0.25, 0.3) is 5.91 Å². The first-order valence-corrected chi connectivity index (χ1v) is 7.64. The molecule has 0 aliphatic heterocycles. The molecule has 4 heteroatoms. The van der Waals surface area contributed by atoms with E-state index in [9.17, 15) is 4.79 Å². The van der Waals surface area contributed by atoms with E-state index in [4.69, 9.17) is 0 Å². The van der Waals surface area contributed by atoms with Crippen molar-refractivity contribution in [3.05, 3.63) is 72.4 Å². The van der Waals surface area contributed by atoms with E-state index in [2.05, 4.69) is 15.2 Å². The molecule has 0 atom stereocenters. The molecule has 1 heterocycles. The van der Waals surface area contributed by atoms with Gasteiger partial charge in [0.2, 0.25) is 0 Å². The second-order valence-electron chi connectivity index (χ2n) is 5.40. The van der Waals surface area contributed by atoms with Crippen LogP contribution in [0.4, 0.5) is 5.69 Å². The third-order valence-corrected chi connectivity index (χ3v) is 3.76. The van der Waals surface area contributed by atoms with Gasteiger partial charge < -0.3 is 10.2 Å². The molecule has 0 saturated carbocycles. The molecule has 0 saturated heterocycles. The zero-order chi connectivity index (χ0) is 16.1. The number of benzene rings is 2. The van der Waals surface area contributed by atoms with Gasteiger partial charge in [-0.1, -0.05) is 42.5 Å². The SMILES string of the molecule is CN(CCNC(=O)c1ccc2ccccc2n1)c1ccccc1. The van der Waals surface area contributed by atoms with Crippen molar-refractivity contribution in [1.82, 2.24) is 10.3 Å². The van der Waals surface area contributed by atoms with Crippen LogP contribution in [0.15, 0.2) is 66.7 Å². The van der Waals surface area contributed by atoms with Crippen molar-refractivity contribution in [3.8, 4) is 0 Å². The van der Waals surface area contributed by atoms with Gasteiger partial charge in [-0.25, -0.2) is 4.98 Å². The predicted molar refractivity (Wildman–Crippen MR) is 93.8 cm³/mol. The Morgan fingerprint density at radius 3 is 2.57 bits per heavy atom. The average Bonchev–Trinajstić information content (AvgIpc) is 2.61. The number of fused-ring (bicyclic) bond motifs is 1. The van der Waals surface area contributed by atoms with E-state index in [1.54, 1.807) is 6.07 Å². The van der Waals surface area contributed by atoms with Crippen LogP contribution in [0.3, 0.4) is 0 Å². The highest BCUT2D eigenvalue weighted by Crippen LogP contribution is 2.12. The Balaban J connectivity index is 1.58. The highest BCUT2D eigenvalue weighted by Gasteiger charge is 2.08. The first-order chi connectivity index (χ1) is 11.2. The average molecular weight is 305 g/mol. The predicted octanol–water partition coefficient (Wildman–Crippen LogP) is 3.10. The fourth-order valence-electron chi connectivity index (χ4n) is 2.43. The van der Waals surface area contributed by atoms with Crippen molar-refractivity contribution in [2.75, 3.05) is 25.0 Å². The highest BCUT2D eigenvalue weighted by atomic mass is 16.1. The molecule has 3 rings (SSSR count). The van der Waals surface area contributed by atoms with E-state index < -0.39 is 0 Å². The minimum atomic E-state index is -0.141. The first kappa shape index (κ1) is 15.0. The van der Waals surface area contributed by atoms with Crippen molar-refractivity contribution in [2.24, 2.45) is 0 Å². The minimum Gasteiger partial charge on any atom is -0.373 e. The summed E-state index contributed by atoms with van der Waals surface area (Å²) < 4.78 is 0. The number of amides is 1. The van der Waals surface area contributed by atoms with Gasteiger partial charge in [-0.3, -0.25) is 4.79 Å². The second kappa shape index (κ2) is 6.92. The molecule has 0 bridgehead atoms. The smallest absolute Gasteiger partial charge is 0.269 e. The molecule has 0 unspecified atom stereocenters. The quantitative estimate of drug-likeness (QED) is 0.788. The van der Waals surface area contributed by atoms with Gasteiger partial charge in [0.05, 0.1) is 5.52 Å². The van der Waals surface area contributed by atoms with Crippen molar-refractivity contribution < 1.29 is 4.79 Å². The van der Waals surface area contributed by atoms with Crippen molar-refractivity contribution in [2.45, 2.75) is 0 Å². The lowest BCUT2D eigenvalue weighted by molar-refractivity contribution is 0.0950. The molecule has 0 fully saturated rings. The molecule has 116 valence electrons. The van der Waals surface area contributed by atoms with Crippen LogP contribution < -0.4 is 10.2 Å². The topological polar surface area (TPSA) is 45.2 Å². The summed E-state index contributed by atoms with van der Waals surface area (Å²) in [5, 5.41) is 3.96. The summed E-state index contributed by atoms with van der Waals surface area (Å²) in [6.45, 7) is 1.31. The fraction of sp³-hybridized carbons (Fsp3) is 0.158. The van der Waals surface area contributed by atoms with Crippen LogP contribution in [0.25, 0.3) is 10.9 Å². The summed E-state index contributed by atoms with van der Waals surface area (Å²) in [6.07, 6.45) is 0. The van der Waals surface area contributed by atoms with Crippen molar-refractivity contribution in [3.63, 3.8) is 0 Å². The van der Waals surface area contributed by atoms with Gasteiger partial charge in [0, 0.05) is 31.2 Å². The Hall–Kier alpha value is -2.88. The van der Waals surface area contributed by atoms with Gasteiger partial charge in [-0.2, -0.15) is 0 Å². The lowest BCUT2D eigenvalue weighted by Gasteiger charge is -2.19. The van der Waals surface area contributed by atoms with Gasteiger partial charge in [-0.15, -0.1) is 0 Å². The van der Waals surface area contributed by atoms with Gasteiger partial charge in [0.1, 0.15) is 5.69 Å². The molecule has 23 heavy (non-hydrogen) atoms. The van der Waals surface area contributed by atoms with Crippen molar-refractivity contribution in [1.29, 1.82) is 0 Å². The molecule has 3 aromatic rings. The summed E-state index contributed by atoms with van der Waals surface area (Å²) in [5.41, 5.74) is 2.41. The molecule has 1 N–H and O–H groups in total. The standard InChI is InChI=1S/C19H19N3O/c1-22(16-8-3-2-4-9-16)14-13-20-19(23)18-12-11-15-7-5-6-10-17(15)21-18/h2-12H,13-14H2,1H3,(H,20,23). The Morgan fingerprint density at radius 2 is 1.74 bits per heavy atom. The Bertz CT molecular complexity index is 802. The molecule has 1 aromatic heterocycles. The molecule has 0 aliphatic rings. The highest BCUT2D eigenvalue weighted by molar-refractivity contribution is 5.94. The van der Waals surface area contributed by atoms with E-state index in [1.165, 1.54) is 0 Å². The maximum atomic E-state index is 12.2. The molecule has 0 radical (unpaired) electrons. The summed E-state index contributed by atoms with van der Waals surface area (Å²) in [7, 11) is 2.01. The number of carbonyl (C=O) groups excluding carboxylic acids is 1. The summed E-state index contributed by atoms with van der Waals surface area (Å²) in [4.78, 5) is 18.7. The minimum absolute atomic E-state index is 0.141. The number of pyridine rings is 1. The second-order valence-corrected chi connectivity index (χ2v) is 5.40. The third kappa shape index (κ3) is 3.66. The number of hydrogen-bond donors (Lipinski definition) is 1. The van der Waals surface area contributed by atoms with Crippen LogP contribution in [0.5, 0.6) is 0 Å². The number of para-hydroxylation sites is 2. The number of nitrogens with zero attached hydrogens (tertiary/aromatic N) is 2. The fourth-order valence-corrected chi connectivity index (χ4v) is 2.43. The number of likely N-dealkylation sites (N-methyl/N-ethyl adjacent to an activating group) is 1. The van der Waals surface area contributed by atoms with Crippen LogP contribution in [0.1, 0.15) is 10.5 Å². The van der Waals surface area contributed by atoms with Crippen LogP contribution in [-0.2, 0) is 0 Å². The van der Waals surface area contributed by atoms with E-state index in [-0.39, 0.29) is 5.91 Å². The molecule has 0 aliphatic carbocycles. The Kier molecular flexibility index (Phi) is 4.52. The maximum absolute atomic E-state index is 12.2. The summed E-state index contributed by atoms with van der Waals surface area (Å²) >= 11 is 0. The zero-order valence-electron chi connectivity index (χ0n) is 13.1. The monoisotopic (exact) mass is 305 g/mol. The van der Waals surface area contributed by atoms with Crippen LogP contribution in [0.2, 0.25) is 0 Å². The van der Waals surface area contributed by atoms with Gasteiger partial charge in [0.15, 0.2) is 0 Å². The van der Waals surface area contributed by atoms with E-state index in [1.807, 2.05) is 67.7 Å². The van der Waals surface area contributed by atoms with Gasteiger partial charge in [-0.05, 0) is 24.3 Å². The van der Waals surface area contributed by atoms with Crippen molar-refractivity contribution >= 4 is 22.5 Å². The normalized spacial score (nSPS) is 10.5. The van der Waals surface area contributed by atoms with Crippen LogP contribution in [0, 0.1) is 0 Å². The first-order valence-electron chi connectivity index (χ1n) is 7.64. The van der Waals surface area contributed by atoms with E-state index >= 15 is 0 Å². The Labute approximate surface area is 135 Å². The number of rotatable bonds is 5. The zero-order valence-corrected chi connectivity index (χ0v) is 13.1. The number of aromatic nitrogens is 1. The number of hydrogen-bond acceptors (Lipinski definition) is 3. The largest absolute Gasteiger partial charge is 0.373 e. The number of carbonyl (C=O) groups is 1. The van der Waals surface area contributed by atoms with Crippen LogP contribution in [-0.4, -0.2) is 31.0 Å². The third-order valence-electron chi connectivity index (χ3n) is 3.76. The molecular formula is C19H19N3O. The van der Waals surface area contributed by atoms with E-state index in [0.29, 0.717) is 12.2 Å². The molecule has 0 spiro atoms. The van der Waals surface area contributed by atoms with Gasteiger partial charge >= 0.3 is 0 Å². The summed E-state index contributed by atoms with van der Waals surface area (Å²) in [5.74, 6) is -0.141. The summed E-state index contributed by atoms with van der Waals surface area (Å²) in [6, 6.07) is 21.6.